The molecule has 1 fully saturated rings. The van der Waals surface area contributed by atoms with Crippen molar-refractivity contribution in [2.24, 2.45) is 5.73 Å². The van der Waals surface area contributed by atoms with Crippen molar-refractivity contribution in [1.82, 2.24) is 20.4 Å². The zero-order chi connectivity index (χ0) is 29.3. The summed E-state index contributed by atoms with van der Waals surface area (Å²) in [7, 11) is 0. The molecule has 0 aromatic heterocycles. The molecule has 1 aromatic carbocycles. The van der Waals surface area contributed by atoms with Gasteiger partial charge < -0.3 is 35.6 Å². The molecule has 0 saturated carbocycles. The number of amides is 5. The molecule has 2 aliphatic rings. The number of carbonyl (C=O) groups excluding carboxylic acids is 5. The minimum atomic E-state index is -0.742. The molecule has 3 rings (SSSR count). The molecular formula is C27H40N6O7. The summed E-state index contributed by atoms with van der Waals surface area (Å²) >= 11 is 0. The van der Waals surface area contributed by atoms with Crippen LogP contribution in [-0.4, -0.2) is 97.1 Å². The first-order valence-electron chi connectivity index (χ1n) is 13.5. The van der Waals surface area contributed by atoms with Crippen molar-refractivity contribution in [2.45, 2.75) is 58.2 Å². The lowest BCUT2D eigenvalue weighted by atomic mass is 10.0. The van der Waals surface area contributed by atoms with Crippen LogP contribution in [0, 0.1) is 0 Å². The highest BCUT2D eigenvalue weighted by molar-refractivity contribution is 6.06. The maximum absolute atomic E-state index is 13.0. The molecule has 1 aromatic rings. The zero-order valence-electron chi connectivity index (χ0n) is 23.4. The fourth-order valence-electron chi connectivity index (χ4n) is 4.42. The molecule has 0 bridgehead atoms. The zero-order valence-corrected chi connectivity index (χ0v) is 23.4. The summed E-state index contributed by atoms with van der Waals surface area (Å²) in [5.74, 6) is -1.60. The summed E-state index contributed by atoms with van der Waals surface area (Å²) in [5, 5.41) is 8.28. The Bertz CT molecular complexity index is 1100. The Balaban J connectivity index is 1.51. The quantitative estimate of drug-likeness (QED) is 0.199. The number of hydrogen-bond donors (Lipinski definition) is 4. The number of anilines is 1. The van der Waals surface area contributed by atoms with E-state index < -0.39 is 29.6 Å². The predicted octanol–water partition coefficient (Wildman–Crippen LogP) is 0.578. The highest BCUT2D eigenvalue weighted by Gasteiger charge is 2.40. The Labute approximate surface area is 234 Å². The van der Waals surface area contributed by atoms with Crippen LogP contribution in [0.3, 0.4) is 0 Å². The number of hydrogen-bond acceptors (Lipinski definition) is 9. The Morgan fingerprint density at radius 2 is 1.95 bits per heavy atom. The van der Waals surface area contributed by atoms with Gasteiger partial charge in [-0.1, -0.05) is 6.07 Å². The lowest BCUT2D eigenvalue weighted by molar-refractivity contribution is -0.137. The minimum absolute atomic E-state index is 0.115. The molecule has 5 amide bonds. The standard InChI is InChI=1S/C27H40N6O7/c1-27(2,3)40-26(38)32(13-12-29-11-5-10-28)14-15-39-17-23(35)30-20-7-4-6-18-19(20)16-33(25(18)37)21-8-9-22(34)31-24(21)36/h4,6-7,21,29H,5,8-17,28H2,1-3H3,(H,30,35)(H,31,34,36). The number of ether oxygens (including phenoxy) is 2. The molecule has 1 saturated heterocycles. The van der Waals surface area contributed by atoms with E-state index in [9.17, 15) is 24.0 Å². The number of piperidine rings is 1. The molecule has 40 heavy (non-hydrogen) atoms. The lowest BCUT2D eigenvalue weighted by Crippen LogP contribution is -2.52. The van der Waals surface area contributed by atoms with Gasteiger partial charge in [-0.05, 0) is 58.8 Å². The van der Waals surface area contributed by atoms with E-state index in [1.807, 2.05) is 0 Å². The molecule has 0 aliphatic carbocycles. The summed E-state index contributed by atoms with van der Waals surface area (Å²) in [6.45, 7) is 7.91. The van der Waals surface area contributed by atoms with Gasteiger partial charge in [0.1, 0.15) is 18.2 Å². The van der Waals surface area contributed by atoms with Crippen molar-refractivity contribution in [3.05, 3.63) is 29.3 Å². The summed E-state index contributed by atoms with van der Waals surface area (Å²) in [6, 6.07) is 4.24. The van der Waals surface area contributed by atoms with Gasteiger partial charge in [-0.2, -0.15) is 0 Å². The molecule has 1 atom stereocenters. The third-order valence-corrected chi connectivity index (χ3v) is 6.36. The van der Waals surface area contributed by atoms with Crippen LogP contribution < -0.4 is 21.7 Å². The molecule has 5 N–H and O–H groups in total. The maximum Gasteiger partial charge on any atom is 0.410 e. The molecular weight excluding hydrogens is 520 g/mol. The minimum Gasteiger partial charge on any atom is -0.444 e. The van der Waals surface area contributed by atoms with Crippen molar-refractivity contribution in [2.75, 3.05) is 51.3 Å². The second-order valence-electron chi connectivity index (χ2n) is 10.7. The highest BCUT2D eigenvalue weighted by atomic mass is 16.6. The lowest BCUT2D eigenvalue weighted by Gasteiger charge is -2.29. The van der Waals surface area contributed by atoms with Gasteiger partial charge in [0.25, 0.3) is 5.91 Å². The smallest absolute Gasteiger partial charge is 0.410 e. The molecule has 2 aliphatic heterocycles. The van der Waals surface area contributed by atoms with Crippen LogP contribution in [0.15, 0.2) is 18.2 Å². The van der Waals surface area contributed by atoms with Gasteiger partial charge in [-0.15, -0.1) is 0 Å². The molecule has 1 unspecified atom stereocenters. The summed E-state index contributed by atoms with van der Waals surface area (Å²) in [4.78, 5) is 65.0. The first-order chi connectivity index (χ1) is 19.0. The SMILES string of the molecule is CC(C)(C)OC(=O)N(CCNCCCN)CCOCC(=O)Nc1cccc2c1CN(C1CCC(=O)NC1=O)C2=O. The van der Waals surface area contributed by atoms with E-state index in [0.29, 0.717) is 36.4 Å². The van der Waals surface area contributed by atoms with Gasteiger partial charge in [-0.25, -0.2) is 4.79 Å². The van der Waals surface area contributed by atoms with Crippen molar-refractivity contribution in [3.8, 4) is 0 Å². The van der Waals surface area contributed by atoms with Crippen LogP contribution >= 0.6 is 0 Å². The van der Waals surface area contributed by atoms with Gasteiger partial charge >= 0.3 is 6.09 Å². The molecule has 0 radical (unpaired) electrons. The van der Waals surface area contributed by atoms with Crippen LogP contribution in [0.4, 0.5) is 10.5 Å². The van der Waals surface area contributed by atoms with E-state index in [4.69, 9.17) is 15.2 Å². The summed E-state index contributed by atoms with van der Waals surface area (Å²) in [5.41, 5.74) is 6.31. The molecule has 13 nitrogen and oxygen atoms in total. The van der Waals surface area contributed by atoms with Gasteiger partial charge in [0.05, 0.1) is 6.61 Å². The number of nitrogens with one attached hydrogen (secondary N) is 3. The van der Waals surface area contributed by atoms with Crippen molar-refractivity contribution in [3.63, 3.8) is 0 Å². The summed E-state index contributed by atoms with van der Waals surface area (Å²) in [6.07, 6.45) is 0.780. The second-order valence-corrected chi connectivity index (χ2v) is 10.7. The molecule has 0 spiro atoms. The summed E-state index contributed by atoms with van der Waals surface area (Å²) < 4.78 is 11.0. The third kappa shape index (κ3) is 8.73. The number of carbonyl (C=O) groups is 5. The first kappa shape index (κ1) is 31.0. The number of nitrogens with two attached hydrogens (primary N) is 1. The largest absolute Gasteiger partial charge is 0.444 e. The second kappa shape index (κ2) is 14.2. The van der Waals surface area contributed by atoms with Crippen LogP contribution in [0.5, 0.6) is 0 Å². The number of imide groups is 1. The van der Waals surface area contributed by atoms with E-state index in [2.05, 4.69) is 16.0 Å². The van der Waals surface area contributed by atoms with Crippen LogP contribution in [0.1, 0.15) is 56.0 Å². The van der Waals surface area contributed by atoms with Gasteiger partial charge in [-0.3, -0.25) is 24.5 Å². The Morgan fingerprint density at radius 1 is 1.18 bits per heavy atom. The van der Waals surface area contributed by atoms with E-state index >= 15 is 0 Å². The molecule has 2 heterocycles. The van der Waals surface area contributed by atoms with Crippen LogP contribution in [0.25, 0.3) is 0 Å². The third-order valence-electron chi connectivity index (χ3n) is 6.36. The fourth-order valence-corrected chi connectivity index (χ4v) is 4.42. The number of nitrogens with zero attached hydrogens (tertiary/aromatic N) is 2. The Kier molecular flexibility index (Phi) is 11.0. The topological polar surface area (TPSA) is 172 Å². The number of benzene rings is 1. The van der Waals surface area contributed by atoms with Gasteiger partial charge in [0.15, 0.2) is 0 Å². The highest BCUT2D eigenvalue weighted by Crippen LogP contribution is 2.32. The van der Waals surface area contributed by atoms with Gasteiger partial charge in [0, 0.05) is 49.4 Å². The van der Waals surface area contributed by atoms with E-state index in [-0.39, 0.29) is 51.0 Å². The van der Waals surface area contributed by atoms with Crippen molar-refractivity contribution in [1.29, 1.82) is 0 Å². The monoisotopic (exact) mass is 560 g/mol. The van der Waals surface area contributed by atoms with Crippen molar-refractivity contribution >= 4 is 35.4 Å². The molecule has 13 heteroatoms. The number of rotatable bonds is 13. The number of fused-ring (bicyclic) bond motifs is 1. The van der Waals surface area contributed by atoms with Crippen LogP contribution in [-0.2, 0) is 30.4 Å². The van der Waals surface area contributed by atoms with E-state index in [1.165, 1.54) is 9.80 Å². The molecule has 220 valence electrons. The van der Waals surface area contributed by atoms with Crippen molar-refractivity contribution < 1.29 is 33.4 Å². The van der Waals surface area contributed by atoms with Crippen LogP contribution in [0.2, 0.25) is 0 Å². The maximum atomic E-state index is 13.0. The average Bonchev–Trinajstić information content (AvgIpc) is 3.21. The normalized spacial score (nSPS) is 16.9. The van der Waals surface area contributed by atoms with Gasteiger partial charge in [0.2, 0.25) is 17.7 Å². The van der Waals surface area contributed by atoms with E-state index in [1.54, 1.807) is 39.0 Å². The average molecular weight is 561 g/mol. The Morgan fingerprint density at radius 3 is 2.65 bits per heavy atom. The fraction of sp³-hybridized carbons (Fsp3) is 0.593. The van der Waals surface area contributed by atoms with E-state index in [0.717, 1.165) is 13.0 Å². The Hall–Kier alpha value is -3.55. The predicted molar refractivity (Wildman–Crippen MR) is 146 cm³/mol. The first-order valence-corrected chi connectivity index (χ1v) is 13.5.